The van der Waals surface area contributed by atoms with Gasteiger partial charge in [-0.3, -0.25) is 0 Å². The Balaban J connectivity index is 2.18. The van der Waals surface area contributed by atoms with Gasteiger partial charge in [0.1, 0.15) is 5.76 Å². The topological polar surface area (TPSA) is 51.2 Å². The van der Waals surface area contributed by atoms with Gasteiger partial charge < -0.3 is 14.2 Å². The summed E-state index contributed by atoms with van der Waals surface area (Å²) in [5.74, 6) is 2.49. The predicted molar refractivity (Wildman–Crippen MR) is 61.2 cm³/mol. The fraction of sp³-hybridized carbons (Fsp3) is 0.417. The maximum atomic E-state index is 5.66. The molecule has 2 rings (SSSR count). The summed E-state index contributed by atoms with van der Waals surface area (Å²) in [4.78, 5) is 4.24. The highest BCUT2D eigenvalue weighted by molar-refractivity contribution is 5.58. The Hall–Kier alpha value is -1.55. The van der Waals surface area contributed by atoms with Crippen LogP contribution in [0, 0.1) is 0 Å². The molecule has 0 unspecified atom stereocenters. The molecule has 0 saturated heterocycles. The second-order valence-corrected chi connectivity index (χ2v) is 3.58. The molecule has 2 heterocycles. The lowest BCUT2D eigenvalue weighted by Gasteiger charge is -1.95. The maximum Gasteiger partial charge on any atom is 0.196 e. The van der Waals surface area contributed by atoms with E-state index in [4.69, 9.17) is 8.83 Å². The summed E-state index contributed by atoms with van der Waals surface area (Å²) in [7, 11) is 1.91. The van der Waals surface area contributed by atoms with Crippen LogP contribution in [-0.2, 0) is 12.8 Å². The molecule has 0 saturated carbocycles. The molecule has 0 amide bonds. The van der Waals surface area contributed by atoms with Crippen LogP contribution in [0.3, 0.4) is 0 Å². The van der Waals surface area contributed by atoms with Gasteiger partial charge in [-0.15, -0.1) is 0 Å². The molecule has 4 nitrogen and oxygen atoms in total. The van der Waals surface area contributed by atoms with E-state index in [0.29, 0.717) is 0 Å². The van der Waals surface area contributed by atoms with E-state index in [9.17, 15) is 0 Å². The van der Waals surface area contributed by atoms with Crippen molar-refractivity contribution in [2.24, 2.45) is 0 Å². The summed E-state index contributed by atoms with van der Waals surface area (Å²) in [6.07, 6.45) is 5.10. The van der Waals surface area contributed by atoms with Crippen LogP contribution in [0.25, 0.3) is 11.3 Å². The zero-order valence-corrected chi connectivity index (χ0v) is 9.62. The monoisotopic (exact) mass is 220 g/mol. The number of aryl methyl sites for hydroxylation is 1. The molecule has 2 aromatic rings. The van der Waals surface area contributed by atoms with Crippen molar-refractivity contribution < 1.29 is 8.83 Å². The summed E-state index contributed by atoms with van der Waals surface area (Å²) in [6.45, 7) is 2.92. The van der Waals surface area contributed by atoms with Gasteiger partial charge in [0.2, 0.25) is 0 Å². The van der Waals surface area contributed by atoms with Crippen molar-refractivity contribution in [1.82, 2.24) is 10.3 Å². The van der Waals surface area contributed by atoms with E-state index in [-0.39, 0.29) is 0 Å². The molecular formula is C12H16N2O2. The highest BCUT2D eigenvalue weighted by Gasteiger charge is 2.11. The molecule has 1 N–H and O–H groups in total. The molecule has 0 spiro atoms. The van der Waals surface area contributed by atoms with Gasteiger partial charge in [0, 0.05) is 19.4 Å². The summed E-state index contributed by atoms with van der Waals surface area (Å²) in [6, 6.07) is 1.92. The lowest BCUT2D eigenvalue weighted by Crippen LogP contribution is -2.10. The van der Waals surface area contributed by atoms with Gasteiger partial charge in [-0.1, -0.05) is 6.92 Å². The smallest absolute Gasteiger partial charge is 0.196 e. The van der Waals surface area contributed by atoms with Crippen molar-refractivity contribution in [3.8, 4) is 11.3 Å². The Morgan fingerprint density at radius 2 is 2.31 bits per heavy atom. The maximum absolute atomic E-state index is 5.66. The summed E-state index contributed by atoms with van der Waals surface area (Å²) >= 11 is 0. The lowest BCUT2D eigenvalue weighted by atomic mass is 10.2. The molecule has 0 atom stereocenters. The van der Waals surface area contributed by atoms with E-state index < -0.39 is 0 Å². The first-order valence-electron chi connectivity index (χ1n) is 5.51. The highest BCUT2D eigenvalue weighted by Crippen LogP contribution is 2.25. The van der Waals surface area contributed by atoms with Crippen molar-refractivity contribution in [2.45, 2.75) is 19.8 Å². The molecule has 86 valence electrons. The lowest BCUT2D eigenvalue weighted by molar-refractivity contribution is 0.493. The molecule has 0 aliphatic carbocycles. The molecule has 2 aromatic heterocycles. The van der Waals surface area contributed by atoms with Crippen LogP contribution >= 0.6 is 0 Å². The predicted octanol–water partition coefficient (Wildman–Crippen LogP) is 2.26. The van der Waals surface area contributed by atoms with Gasteiger partial charge >= 0.3 is 0 Å². The number of nitrogens with one attached hydrogen (secondary N) is 1. The van der Waals surface area contributed by atoms with Crippen molar-refractivity contribution in [2.75, 3.05) is 13.6 Å². The molecular weight excluding hydrogens is 204 g/mol. The first kappa shape index (κ1) is 11.0. The van der Waals surface area contributed by atoms with Crippen LogP contribution in [0.1, 0.15) is 18.6 Å². The number of oxazole rings is 1. The minimum atomic E-state index is 0.757. The zero-order valence-electron chi connectivity index (χ0n) is 9.62. The highest BCUT2D eigenvalue weighted by atomic mass is 16.4. The van der Waals surface area contributed by atoms with Gasteiger partial charge in [0.15, 0.2) is 11.7 Å². The van der Waals surface area contributed by atoms with E-state index in [0.717, 1.165) is 42.4 Å². The van der Waals surface area contributed by atoms with Crippen molar-refractivity contribution in [3.63, 3.8) is 0 Å². The normalized spacial score (nSPS) is 10.9. The SMILES string of the molecule is CCc1occc1-c1cnc(CCNC)o1. The van der Waals surface area contributed by atoms with Crippen LogP contribution in [0.4, 0.5) is 0 Å². The molecule has 4 heteroatoms. The van der Waals surface area contributed by atoms with Crippen LogP contribution in [0.15, 0.2) is 27.4 Å². The fourth-order valence-electron chi connectivity index (χ4n) is 1.62. The van der Waals surface area contributed by atoms with Crippen molar-refractivity contribution in [1.29, 1.82) is 0 Å². The Bertz CT molecular complexity index is 445. The molecule has 0 bridgehead atoms. The van der Waals surface area contributed by atoms with E-state index in [1.807, 2.05) is 13.1 Å². The van der Waals surface area contributed by atoms with E-state index in [2.05, 4.69) is 17.2 Å². The summed E-state index contributed by atoms with van der Waals surface area (Å²) < 4.78 is 11.0. The average molecular weight is 220 g/mol. The quantitative estimate of drug-likeness (QED) is 0.839. The third-order valence-electron chi connectivity index (χ3n) is 2.47. The molecule has 0 fully saturated rings. The number of aromatic nitrogens is 1. The first-order chi connectivity index (χ1) is 7.85. The number of furan rings is 1. The summed E-state index contributed by atoms with van der Waals surface area (Å²) in [5, 5.41) is 3.06. The number of hydrogen-bond donors (Lipinski definition) is 1. The molecule has 0 aromatic carbocycles. The molecule has 16 heavy (non-hydrogen) atoms. The minimum Gasteiger partial charge on any atom is -0.469 e. The van der Waals surface area contributed by atoms with Gasteiger partial charge in [-0.25, -0.2) is 4.98 Å². The zero-order chi connectivity index (χ0) is 11.4. The number of likely N-dealkylation sites (N-methyl/N-ethyl adjacent to an activating group) is 1. The largest absolute Gasteiger partial charge is 0.469 e. The number of nitrogens with zero attached hydrogens (tertiary/aromatic N) is 1. The van der Waals surface area contributed by atoms with Crippen LogP contribution in [-0.4, -0.2) is 18.6 Å². The van der Waals surface area contributed by atoms with Crippen molar-refractivity contribution >= 4 is 0 Å². The van der Waals surface area contributed by atoms with Crippen LogP contribution in [0.5, 0.6) is 0 Å². The van der Waals surface area contributed by atoms with E-state index in [1.165, 1.54) is 0 Å². The third-order valence-corrected chi connectivity index (χ3v) is 2.47. The molecule has 0 aliphatic rings. The first-order valence-corrected chi connectivity index (χ1v) is 5.51. The van der Waals surface area contributed by atoms with Crippen LogP contribution in [0.2, 0.25) is 0 Å². The minimum absolute atomic E-state index is 0.757. The van der Waals surface area contributed by atoms with E-state index >= 15 is 0 Å². The van der Waals surface area contributed by atoms with Crippen molar-refractivity contribution in [3.05, 3.63) is 30.2 Å². The Morgan fingerprint density at radius 1 is 1.44 bits per heavy atom. The van der Waals surface area contributed by atoms with Crippen LogP contribution < -0.4 is 5.32 Å². The van der Waals surface area contributed by atoms with Gasteiger partial charge in [-0.05, 0) is 13.1 Å². The Morgan fingerprint density at radius 3 is 3.06 bits per heavy atom. The molecule has 0 aliphatic heterocycles. The van der Waals surface area contributed by atoms with E-state index in [1.54, 1.807) is 12.5 Å². The number of rotatable bonds is 5. The molecule has 0 radical (unpaired) electrons. The Kier molecular flexibility index (Phi) is 3.41. The van der Waals surface area contributed by atoms with Gasteiger partial charge in [0.05, 0.1) is 18.0 Å². The van der Waals surface area contributed by atoms with Gasteiger partial charge in [-0.2, -0.15) is 0 Å². The average Bonchev–Trinajstić information content (AvgIpc) is 2.94. The Labute approximate surface area is 94.7 Å². The summed E-state index contributed by atoms with van der Waals surface area (Å²) in [5.41, 5.74) is 1.01. The third kappa shape index (κ3) is 2.17. The number of hydrogen-bond acceptors (Lipinski definition) is 4. The standard InChI is InChI=1S/C12H16N2O2/c1-3-10-9(5-7-15-10)11-8-14-12(16-11)4-6-13-2/h5,7-8,13H,3-4,6H2,1-2H3. The second kappa shape index (κ2) is 4.99. The fourth-order valence-corrected chi connectivity index (χ4v) is 1.62. The second-order valence-electron chi connectivity index (χ2n) is 3.58. The van der Waals surface area contributed by atoms with Gasteiger partial charge in [0.25, 0.3) is 0 Å².